The Bertz CT molecular complexity index is 615. The van der Waals surface area contributed by atoms with Crippen LogP contribution in [0.25, 0.3) is 22.1 Å². The maximum atomic E-state index is 5.56. The fourth-order valence-electron chi connectivity index (χ4n) is 1.51. The first kappa shape index (κ1) is 7.32. The van der Waals surface area contributed by atoms with Gasteiger partial charge in [0.2, 0.25) is 5.71 Å². The van der Waals surface area contributed by atoms with Gasteiger partial charge in [-0.2, -0.15) is 4.98 Å². The number of hydrogen-bond acceptors (Lipinski definition) is 4. The number of nitrogen functional groups attached to an aromatic ring is 1. The molecule has 3 aromatic heterocycles. The lowest BCUT2D eigenvalue weighted by Crippen LogP contribution is -1.87. The summed E-state index contributed by atoms with van der Waals surface area (Å²) in [6, 6.07) is 5.46. The van der Waals surface area contributed by atoms with Crippen molar-refractivity contribution in [2.24, 2.45) is 0 Å². The van der Waals surface area contributed by atoms with E-state index >= 15 is 0 Å². The minimum Gasteiger partial charge on any atom is -0.438 e. The van der Waals surface area contributed by atoms with Crippen LogP contribution in [0.2, 0.25) is 0 Å². The smallest absolute Gasteiger partial charge is 0.229 e. The van der Waals surface area contributed by atoms with E-state index in [1.165, 1.54) is 0 Å². The molecule has 3 heterocycles. The van der Waals surface area contributed by atoms with Gasteiger partial charge in [-0.3, -0.25) is 4.98 Å². The van der Waals surface area contributed by atoms with Crippen molar-refractivity contribution in [3.8, 4) is 0 Å². The highest BCUT2D eigenvalue weighted by Crippen LogP contribution is 2.26. The van der Waals surface area contributed by atoms with Crippen molar-refractivity contribution in [2.75, 3.05) is 5.73 Å². The zero-order valence-corrected chi connectivity index (χ0v) is 7.27. The largest absolute Gasteiger partial charge is 0.438 e. The second-order valence-electron chi connectivity index (χ2n) is 3.06. The molecule has 0 saturated carbocycles. The van der Waals surface area contributed by atoms with Gasteiger partial charge < -0.3 is 10.2 Å². The second kappa shape index (κ2) is 2.45. The number of anilines is 1. The third kappa shape index (κ3) is 0.877. The maximum absolute atomic E-state index is 5.56. The van der Waals surface area contributed by atoms with Gasteiger partial charge in [-0.05, 0) is 18.2 Å². The normalized spacial score (nSPS) is 11.1. The molecule has 0 radical (unpaired) electrons. The van der Waals surface area contributed by atoms with Gasteiger partial charge in [0.15, 0.2) is 0 Å². The summed E-state index contributed by atoms with van der Waals surface area (Å²) in [6.45, 7) is 0. The van der Waals surface area contributed by atoms with Crippen LogP contribution in [0.1, 0.15) is 0 Å². The van der Waals surface area contributed by atoms with E-state index < -0.39 is 0 Å². The lowest BCUT2D eigenvalue weighted by atomic mass is 10.2. The highest BCUT2D eigenvalue weighted by molar-refractivity contribution is 6.03. The molecule has 0 bridgehead atoms. The number of fused-ring (bicyclic) bond motifs is 3. The van der Waals surface area contributed by atoms with Crippen molar-refractivity contribution in [1.29, 1.82) is 0 Å². The van der Waals surface area contributed by atoms with Crippen LogP contribution in [0.15, 0.2) is 35.0 Å². The lowest BCUT2D eigenvalue weighted by molar-refractivity contribution is 0.654. The summed E-state index contributed by atoms with van der Waals surface area (Å²) in [5.74, 6) is 0.463. The standard InChI is InChI=1S/C10H7N3O/c11-9-2-1-6-7-5-12-4-3-8(7)14-10(6)13-9/h1-5H,(H2,11,13). The monoisotopic (exact) mass is 185 g/mol. The first-order valence-corrected chi connectivity index (χ1v) is 4.23. The highest BCUT2D eigenvalue weighted by Gasteiger charge is 2.06. The van der Waals surface area contributed by atoms with E-state index in [4.69, 9.17) is 10.2 Å². The number of furan rings is 1. The minimum absolute atomic E-state index is 0.463. The predicted molar refractivity (Wildman–Crippen MR) is 53.7 cm³/mol. The molecule has 3 rings (SSSR count). The maximum Gasteiger partial charge on any atom is 0.229 e. The van der Waals surface area contributed by atoms with Crippen molar-refractivity contribution in [1.82, 2.24) is 9.97 Å². The van der Waals surface area contributed by atoms with Gasteiger partial charge in [-0.25, -0.2) is 0 Å². The quantitative estimate of drug-likeness (QED) is 0.581. The fraction of sp³-hybridized carbons (Fsp3) is 0. The third-order valence-electron chi connectivity index (χ3n) is 2.16. The molecule has 4 nitrogen and oxygen atoms in total. The van der Waals surface area contributed by atoms with Crippen LogP contribution in [0.5, 0.6) is 0 Å². The summed E-state index contributed by atoms with van der Waals surface area (Å²) in [4.78, 5) is 8.13. The van der Waals surface area contributed by atoms with Crippen LogP contribution < -0.4 is 5.73 Å². The SMILES string of the molecule is Nc1ccc2c(n1)oc1ccncc12. The van der Waals surface area contributed by atoms with E-state index in [-0.39, 0.29) is 0 Å². The van der Waals surface area contributed by atoms with E-state index in [2.05, 4.69) is 9.97 Å². The summed E-state index contributed by atoms with van der Waals surface area (Å²) < 4.78 is 5.50. The Balaban J connectivity index is 2.57. The molecule has 2 N–H and O–H groups in total. The molecule has 0 aliphatic carbocycles. The van der Waals surface area contributed by atoms with Crippen molar-refractivity contribution in [3.63, 3.8) is 0 Å². The van der Waals surface area contributed by atoms with Crippen molar-refractivity contribution in [3.05, 3.63) is 30.6 Å². The van der Waals surface area contributed by atoms with Gasteiger partial charge in [0, 0.05) is 23.2 Å². The summed E-state index contributed by atoms with van der Waals surface area (Å²) in [5, 5.41) is 1.91. The molecule has 0 aliphatic heterocycles. The molecule has 4 heteroatoms. The number of rotatable bonds is 0. The van der Waals surface area contributed by atoms with E-state index in [9.17, 15) is 0 Å². The molecule has 0 spiro atoms. The van der Waals surface area contributed by atoms with E-state index in [1.807, 2.05) is 12.1 Å². The Kier molecular flexibility index (Phi) is 1.28. The molecular weight excluding hydrogens is 178 g/mol. The number of hydrogen-bond donors (Lipinski definition) is 1. The Morgan fingerprint density at radius 1 is 1.14 bits per heavy atom. The van der Waals surface area contributed by atoms with Gasteiger partial charge >= 0.3 is 0 Å². The molecule has 0 aromatic carbocycles. The van der Waals surface area contributed by atoms with Crippen LogP contribution in [-0.2, 0) is 0 Å². The molecule has 14 heavy (non-hydrogen) atoms. The first-order chi connectivity index (χ1) is 6.84. The second-order valence-corrected chi connectivity index (χ2v) is 3.06. The van der Waals surface area contributed by atoms with E-state index in [0.717, 1.165) is 16.4 Å². The van der Waals surface area contributed by atoms with Crippen LogP contribution in [0.3, 0.4) is 0 Å². The molecule has 68 valence electrons. The van der Waals surface area contributed by atoms with Crippen molar-refractivity contribution >= 4 is 27.9 Å². The Hall–Kier alpha value is -2.10. The van der Waals surface area contributed by atoms with Gasteiger partial charge in [0.05, 0.1) is 0 Å². The zero-order chi connectivity index (χ0) is 9.54. The van der Waals surface area contributed by atoms with Crippen molar-refractivity contribution in [2.45, 2.75) is 0 Å². The molecule has 0 amide bonds. The number of aromatic nitrogens is 2. The van der Waals surface area contributed by atoms with Crippen LogP contribution >= 0.6 is 0 Å². The topological polar surface area (TPSA) is 64.9 Å². The first-order valence-electron chi connectivity index (χ1n) is 4.23. The van der Waals surface area contributed by atoms with Gasteiger partial charge in [-0.1, -0.05) is 0 Å². The number of pyridine rings is 2. The average molecular weight is 185 g/mol. The molecular formula is C10H7N3O. The summed E-state index contributed by atoms with van der Waals surface area (Å²) in [6.07, 6.45) is 3.45. The third-order valence-corrected chi connectivity index (χ3v) is 2.16. The Labute approximate surface area is 79.4 Å². The van der Waals surface area contributed by atoms with Gasteiger partial charge in [0.1, 0.15) is 11.4 Å². The number of nitrogens with two attached hydrogens (primary N) is 1. The molecule has 0 aliphatic rings. The van der Waals surface area contributed by atoms with E-state index in [1.54, 1.807) is 18.5 Å². The Morgan fingerprint density at radius 3 is 3.00 bits per heavy atom. The highest BCUT2D eigenvalue weighted by atomic mass is 16.3. The molecule has 3 aromatic rings. The molecule has 0 unspecified atom stereocenters. The zero-order valence-electron chi connectivity index (χ0n) is 7.27. The predicted octanol–water partition coefficient (Wildman–Crippen LogP) is 1.96. The summed E-state index contributed by atoms with van der Waals surface area (Å²) in [7, 11) is 0. The Morgan fingerprint density at radius 2 is 2.07 bits per heavy atom. The fourth-order valence-corrected chi connectivity index (χ4v) is 1.51. The van der Waals surface area contributed by atoms with Gasteiger partial charge in [-0.15, -0.1) is 0 Å². The van der Waals surface area contributed by atoms with Crippen LogP contribution in [0.4, 0.5) is 5.82 Å². The minimum atomic E-state index is 0.463. The van der Waals surface area contributed by atoms with Gasteiger partial charge in [0.25, 0.3) is 0 Å². The van der Waals surface area contributed by atoms with Crippen molar-refractivity contribution < 1.29 is 4.42 Å². The number of nitrogens with zero attached hydrogens (tertiary/aromatic N) is 2. The average Bonchev–Trinajstić information content (AvgIpc) is 2.54. The lowest BCUT2D eigenvalue weighted by Gasteiger charge is -1.89. The molecule has 0 fully saturated rings. The molecule has 0 saturated heterocycles. The molecule has 0 atom stereocenters. The summed E-state index contributed by atoms with van der Waals surface area (Å²) in [5.41, 5.74) is 6.91. The van der Waals surface area contributed by atoms with Crippen LogP contribution in [0, 0.1) is 0 Å². The van der Waals surface area contributed by atoms with E-state index in [0.29, 0.717) is 11.5 Å². The van der Waals surface area contributed by atoms with Crippen LogP contribution in [-0.4, -0.2) is 9.97 Å². The summed E-state index contributed by atoms with van der Waals surface area (Å²) >= 11 is 0.